The molecule has 0 aliphatic carbocycles. The van der Waals surface area contributed by atoms with E-state index in [4.69, 9.17) is 5.11 Å². The van der Waals surface area contributed by atoms with Gasteiger partial charge in [0.1, 0.15) is 6.21 Å². The Bertz CT molecular complexity index is 457. The summed E-state index contributed by atoms with van der Waals surface area (Å²) < 4.78 is 15.2. The fourth-order valence-electron chi connectivity index (χ4n) is 1.59. The number of aliphatic carboxylic acids is 1. The van der Waals surface area contributed by atoms with Crippen LogP contribution in [0.5, 0.6) is 0 Å². The maximum atomic E-state index is 11.8. The number of hydrogen-bond acceptors (Lipinski definition) is 2. The summed E-state index contributed by atoms with van der Waals surface area (Å²) in [6, 6.07) is 3.80. The van der Waals surface area contributed by atoms with E-state index in [1.807, 2.05) is 32.9 Å². The van der Waals surface area contributed by atoms with E-state index >= 15 is 0 Å². The summed E-state index contributed by atoms with van der Waals surface area (Å²) >= 11 is 0. The molecule has 86 valence electrons. The summed E-state index contributed by atoms with van der Waals surface area (Å²) in [7, 11) is -1.65. The van der Waals surface area contributed by atoms with E-state index in [1.54, 1.807) is 0 Å². The molecule has 0 spiro atoms. The predicted molar refractivity (Wildman–Crippen MR) is 63.2 cm³/mol. The SMILES string of the molecule is Cc1cc(C)c(S(=O)N=CC(=O)O)c(C)c1. The average Bonchev–Trinajstić information content (AvgIpc) is 2.12. The van der Waals surface area contributed by atoms with Crippen molar-refractivity contribution >= 4 is 23.2 Å². The molecule has 1 aromatic carbocycles. The molecule has 0 saturated carbocycles. The van der Waals surface area contributed by atoms with Gasteiger partial charge < -0.3 is 5.11 Å². The van der Waals surface area contributed by atoms with Crippen LogP contribution in [0.3, 0.4) is 0 Å². The molecular weight excluding hydrogens is 226 g/mol. The fraction of sp³-hybridized carbons (Fsp3) is 0.273. The van der Waals surface area contributed by atoms with Crippen molar-refractivity contribution in [3.8, 4) is 0 Å². The molecule has 4 nitrogen and oxygen atoms in total. The standard InChI is InChI=1S/C11H13NO3S/c1-7-4-8(2)11(9(3)5-7)16(15)12-6-10(13)14/h4-6H,1-3H3,(H,13,14). The van der Waals surface area contributed by atoms with Crippen LogP contribution in [0.25, 0.3) is 0 Å². The second-order valence-corrected chi connectivity index (χ2v) is 4.67. The lowest BCUT2D eigenvalue weighted by Crippen LogP contribution is -2.00. The summed E-state index contributed by atoms with van der Waals surface area (Å²) in [5.41, 5.74) is 2.80. The third-order valence-corrected chi connectivity index (χ3v) is 3.33. The summed E-state index contributed by atoms with van der Waals surface area (Å²) in [6.45, 7) is 5.63. The molecule has 1 atom stereocenters. The molecular formula is C11H13NO3S. The summed E-state index contributed by atoms with van der Waals surface area (Å²) in [5, 5.41) is 8.41. The van der Waals surface area contributed by atoms with E-state index in [9.17, 15) is 9.00 Å². The predicted octanol–water partition coefficient (Wildman–Crippen LogP) is 1.79. The zero-order valence-electron chi connectivity index (χ0n) is 9.35. The first kappa shape index (κ1) is 12.6. The second kappa shape index (κ2) is 5.03. The van der Waals surface area contributed by atoms with Gasteiger partial charge in [0.2, 0.25) is 0 Å². The number of carboxylic acids is 1. The lowest BCUT2D eigenvalue weighted by Gasteiger charge is -2.07. The van der Waals surface area contributed by atoms with Crippen molar-refractivity contribution in [3.63, 3.8) is 0 Å². The van der Waals surface area contributed by atoms with Crippen LogP contribution in [0.2, 0.25) is 0 Å². The lowest BCUT2D eigenvalue weighted by molar-refractivity contribution is -0.128. The lowest BCUT2D eigenvalue weighted by atomic mass is 10.1. The Morgan fingerprint density at radius 2 is 1.81 bits per heavy atom. The van der Waals surface area contributed by atoms with E-state index in [0.717, 1.165) is 16.7 Å². The first-order valence-corrected chi connectivity index (χ1v) is 5.79. The van der Waals surface area contributed by atoms with E-state index in [-0.39, 0.29) is 0 Å². The van der Waals surface area contributed by atoms with Gasteiger partial charge in [0.05, 0.1) is 4.90 Å². The van der Waals surface area contributed by atoms with Crippen LogP contribution >= 0.6 is 0 Å². The third-order valence-electron chi connectivity index (χ3n) is 2.04. The number of hydrogen-bond donors (Lipinski definition) is 1. The van der Waals surface area contributed by atoms with Crippen molar-refractivity contribution in [1.82, 2.24) is 0 Å². The van der Waals surface area contributed by atoms with Gasteiger partial charge in [-0.1, -0.05) is 17.7 Å². The van der Waals surface area contributed by atoms with Crippen molar-refractivity contribution in [2.75, 3.05) is 0 Å². The third kappa shape index (κ3) is 3.00. The molecule has 0 aromatic heterocycles. The minimum absolute atomic E-state index is 0.586. The molecule has 0 radical (unpaired) electrons. The van der Waals surface area contributed by atoms with Crippen LogP contribution in [0.15, 0.2) is 21.4 Å². The number of rotatable bonds is 3. The summed E-state index contributed by atoms with van der Waals surface area (Å²) in [4.78, 5) is 10.9. The number of benzene rings is 1. The van der Waals surface area contributed by atoms with Gasteiger partial charge in [-0.25, -0.2) is 9.00 Å². The van der Waals surface area contributed by atoms with Crippen molar-refractivity contribution in [3.05, 3.63) is 28.8 Å². The van der Waals surface area contributed by atoms with Crippen LogP contribution in [0.4, 0.5) is 0 Å². The molecule has 0 fully saturated rings. The first-order valence-electron chi connectivity index (χ1n) is 4.68. The monoisotopic (exact) mass is 239 g/mol. The number of carboxylic acid groups (broad SMARTS) is 1. The average molecular weight is 239 g/mol. The zero-order valence-corrected chi connectivity index (χ0v) is 10.2. The Kier molecular flexibility index (Phi) is 3.95. The van der Waals surface area contributed by atoms with Crippen LogP contribution in [0.1, 0.15) is 16.7 Å². The van der Waals surface area contributed by atoms with Crippen LogP contribution in [-0.2, 0) is 15.8 Å². The highest BCUT2D eigenvalue weighted by molar-refractivity contribution is 7.84. The molecule has 1 N–H and O–H groups in total. The smallest absolute Gasteiger partial charge is 0.347 e. The van der Waals surface area contributed by atoms with Gasteiger partial charge in [-0.3, -0.25) is 0 Å². The molecule has 0 aliphatic heterocycles. The van der Waals surface area contributed by atoms with Gasteiger partial charge in [0.25, 0.3) is 0 Å². The Balaban J connectivity index is 3.14. The molecule has 1 aromatic rings. The fourth-order valence-corrected chi connectivity index (χ4v) is 2.55. The van der Waals surface area contributed by atoms with Crippen LogP contribution < -0.4 is 0 Å². The molecule has 0 bridgehead atoms. The number of nitrogens with zero attached hydrogens (tertiary/aromatic N) is 1. The van der Waals surface area contributed by atoms with Gasteiger partial charge in [-0.15, -0.1) is 0 Å². The van der Waals surface area contributed by atoms with E-state index in [0.29, 0.717) is 11.1 Å². The van der Waals surface area contributed by atoms with Gasteiger partial charge >= 0.3 is 5.97 Å². The van der Waals surface area contributed by atoms with Crippen molar-refractivity contribution < 1.29 is 14.1 Å². The number of aryl methyl sites for hydroxylation is 3. The van der Waals surface area contributed by atoms with E-state index < -0.39 is 17.0 Å². The number of carbonyl (C=O) groups is 1. The summed E-state index contributed by atoms with van der Waals surface area (Å²) in [6.07, 6.45) is 0.662. The van der Waals surface area contributed by atoms with Gasteiger partial charge in [-0.05, 0) is 31.9 Å². The minimum atomic E-state index is -1.65. The summed E-state index contributed by atoms with van der Waals surface area (Å²) in [5.74, 6) is -1.20. The largest absolute Gasteiger partial charge is 0.477 e. The van der Waals surface area contributed by atoms with Crippen molar-refractivity contribution in [1.29, 1.82) is 0 Å². The van der Waals surface area contributed by atoms with E-state index in [2.05, 4.69) is 4.40 Å². The molecule has 16 heavy (non-hydrogen) atoms. The van der Waals surface area contributed by atoms with Gasteiger partial charge in [0.15, 0.2) is 11.0 Å². The van der Waals surface area contributed by atoms with Crippen molar-refractivity contribution in [2.24, 2.45) is 4.40 Å². The molecule has 5 heteroatoms. The topological polar surface area (TPSA) is 66.7 Å². The maximum Gasteiger partial charge on any atom is 0.347 e. The Morgan fingerprint density at radius 3 is 2.25 bits per heavy atom. The molecule has 0 saturated heterocycles. The molecule has 1 rings (SSSR count). The molecule has 1 unspecified atom stereocenters. The highest BCUT2D eigenvalue weighted by Crippen LogP contribution is 2.20. The normalized spacial score (nSPS) is 12.9. The van der Waals surface area contributed by atoms with Crippen LogP contribution in [-0.4, -0.2) is 21.5 Å². The Morgan fingerprint density at radius 1 is 1.31 bits per heavy atom. The molecule has 0 amide bonds. The second-order valence-electron chi connectivity index (χ2n) is 3.55. The molecule has 0 heterocycles. The zero-order chi connectivity index (χ0) is 12.3. The van der Waals surface area contributed by atoms with Gasteiger partial charge in [0, 0.05) is 0 Å². The quantitative estimate of drug-likeness (QED) is 0.818. The highest BCUT2D eigenvalue weighted by Gasteiger charge is 2.10. The Hall–Kier alpha value is -1.49. The van der Waals surface area contributed by atoms with Crippen LogP contribution in [0, 0.1) is 20.8 Å². The molecule has 0 aliphatic rings. The van der Waals surface area contributed by atoms with Crippen molar-refractivity contribution in [2.45, 2.75) is 25.7 Å². The van der Waals surface area contributed by atoms with E-state index in [1.165, 1.54) is 0 Å². The minimum Gasteiger partial charge on any atom is -0.477 e. The Labute approximate surface area is 96.6 Å². The first-order chi connectivity index (χ1) is 7.41. The maximum absolute atomic E-state index is 11.8. The van der Waals surface area contributed by atoms with Gasteiger partial charge in [-0.2, -0.15) is 4.40 Å². The highest BCUT2D eigenvalue weighted by atomic mass is 32.2.